The zero-order chi connectivity index (χ0) is 18.1. The largest absolute Gasteiger partial charge is 0.349 e. The number of aromatic nitrogens is 2. The van der Waals surface area contributed by atoms with Crippen molar-refractivity contribution in [2.45, 2.75) is 58.5 Å². The topological polar surface area (TPSA) is 58.7 Å². The van der Waals surface area contributed by atoms with E-state index < -0.39 is 0 Å². The van der Waals surface area contributed by atoms with Crippen LogP contribution in [0.4, 0.5) is 0 Å². The van der Waals surface area contributed by atoms with E-state index in [1.165, 1.54) is 17.3 Å². The highest BCUT2D eigenvalue weighted by Gasteiger charge is 2.22. The Morgan fingerprint density at radius 1 is 1.36 bits per heavy atom. The molecule has 0 aliphatic heterocycles. The fourth-order valence-electron chi connectivity index (χ4n) is 3.76. The Hall–Kier alpha value is -2.06. The molecule has 1 aliphatic carbocycles. The second-order valence-corrected chi connectivity index (χ2v) is 7.51. The molecule has 0 radical (unpaired) electrons. The summed E-state index contributed by atoms with van der Waals surface area (Å²) in [5, 5.41) is 10.2. The Morgan fingerprint density at radius 3 is 2.76 bits per heavy atom. The molecule has 0 unspecified atom stereocenters. The fourth-order valence-corrected chi connectivity index (χ4v) is 4.70. The number of hydrogen-bond acceptors (Lipinski definition) is 4. The van der Waals surface area contributed by atoms with Gasteiger partial charge in [0, 0.05) is 29.2 Å². The summed E-state index contributed by atoms with van der Waals surface area (Å²) in [6.07, 6.45) is 3.08. The summed E-state index contributed by atoms with van der Waals surface area (Å²) < 4.78 is 2.15. The first-order valence-electron chi connectivity index (χ1n) is 8.73. The minimum Gasteiger partial charge on any atom is -0.349 e. The highest BCUT2D eigenvalue weighted by atomic mass is 32.2. The quantitative estimate of drug-likeness (QED) is 0.598. The van der Waals surface area contributed by atoms with Crippen molar-refractivity contribution in [2.24, 2.45) is 0 Å². The number of pyridine rings is 1. The van der Waals surface area contributed by atoms with Gasteiger partial charge in [-0.2, -0.15) is 5.26 Å². The van der Waals surface area contributed by atoms with Gasteiger partial charge in [0.05, 0.1) is 11.3 Å². The van der Waals surface area contributed by atoms with Gasteiger partial charge >= 0.3 is 0 Å². The number of ketones is 1. The van der Waals surface area contributed by atoms with Crippen LogP contribution in [0.1, 0.15) is 57.5 Å². The van der Waals surface area contributed by atoms with Crippen LogP contribution in [0.2, 0.25) is 0 Å². The predicted octanol–water partition coefficient (Wildman–Crippen LogP) is 4.16. The van der Waals surface area contributed by atoms with E-state index in [0.29, 0.717) is 16.3 Å². The molecular weight excluding hydrogens is 330 g/mol. The molecule has 25 heavy (non-hydrogen) atoms. The summed E-state index contributed by atoms with van der Waals surface area (Å²) in [6.45, 7) is 8.97. The maximum absolute atomic E-state index is 12.7. The summed E-state index contributed by atoms with van der Waals surface area (Å²) in [6, 6.07) is 4.26. The zero-order valence-corrected chi connectivity index (χ0v) is 16.1. The Balaban J connectivity index is 1.84. The van der Waals surface area contributed by atoms with E-state index in [1.54, 1.807) is 0 Å². The highest BCUT2D eigenvalue weighted by Crippen LogP contribution is 2.32. The molecule has 0 bridgehead atoms. The normalized spacial score (nSPS) is 12.9. The second kappa shape index (κ2) is 7.05. The third kappa shape index (κ3) is 3.11. The van der Waals surface area contributed by atoms with Crippen molar-refractivity contribution in [3.8, 4) is 6.07 Å². The number of rotatable bonds is 5. The number of thioether (sulfide) groups is 1. The van der Waals surface area contributed by atoms with Gasteiger partial charge < -0.3 is 4.57 Å². The van der Waals surface area contributed by atoms with E-state index in [0.717, 1.165) is 54.0 Å². The molecule has 2 aromatic heterocycles. The first-order chi connectivity index (χ1) is 12.0. The number of nitriles is 1. The zero-order valence-electron chi connectivity index (χ0n) is 15.3. The van der Waals surface area contributed by atoms with Gasteiger partial charge in [-0.3, -0.25) is 4.79 Å². The van der Waals surface area contributed by atoms with Crippen LogP contribution >= 0.6 is 11.8 Å². The molecule has 0 spiro atoms. The lowest BCUT2D eigenvalue weighted by molar-refractivity contribution is 0.102. The Labute approximate surface area is 153 Å². The van der Waals surface area contributed by atoms with Crippen LogP contribution in [0.25, 0.3) is 0 Å². The van der Waals surface area contributed by atoms with Crippen molar-refractivity contribution in [1.29, 1.82) is 5.26 Å². The van der Waals surface area contributed by atoms with Gasteiger partial charge in [0.25, 0.3) is 0 Å². The van der Waals surface area contributed by atoms with Crippen LogP contribution in [0.15, 0.2) is 11.1 Å². The monoisotopic (exact) mass is 353 g/mol. The lowest BCUT2D eigenvalue weighted by Crippen LogP contribution is -2.07. The standard InChI is InChI=1S/C20H23N3OS/c1-5-23-12(2)9-16(14(23)4)19(24)11-25-20-17(10-21)13(3)15-7-6-8-18(15)22-20/h9H,5-8,11H2,1-4H3. The molecule has 2 aromatic rings. The van der Waals surface area contributed by atoms with E-state index in [9.17, 15) is 10.1 Å². The summed E-state index contributed by atoms with van der Waals surface area (Å²) in [5.74, 6) is 0.412. The third-order valence-electron chi connectivity index (χ3n) is 5.11. The summed E-state index contributed by atoms with van der Waals surface area (Å²) in [7, 11) is 0. The number of hydrogen-bond donors (Lipinski definition) is 0. The molecule has 2 heterocycles. The van der Waals surface area contributed by atoms with Crippen LogP contribution in [-0.2, 0) is 19.4 Å². The molecule has 3 rings (SSSR count). The smallest absolute Gasteiger partial charge is 0.174 e. The molecule has 1 aliphatic rings. The molecule has 5 heteroatoms. The van der Waals surface area contributed by atoms with Gasteiger partial charge in [0.15, 0.2) is 5.78 Å². The fraction of sp³-hybridized carbons (Fsp3) is 0.450. The van der Waals surface area contributed by atoms with E-state index in [2.05, 4.69) is 17.6 Å². The summed E-state index contributed by atoms with van der Waals surface area (Å²) >= 11 is 1.39. The van der Waals surface area contributed by atoms with Crippen molar-refractivity contribution in [2.75, 3.05) is 5.75 Å². The molecule has 130 valence electrons. The van der Waals surface area contributed by atoms with Crippen LogP contribution in [0, 0.1) is 32.1 Å². The number of carbonyl (C=O) groups is 1. The van der Waals surface area contributed by atoms with Crippen molar-refractivity contribution < 1.29 is 4.79 Å². The maximum atomic E-state index is 12.7. The van der Waals surface area contributed by atoms with E-state index >= 15 is 0 Å². The number of aryl methyl sites for hydroxylation is 2. The third-order valence-corrected chi connectivity index (χ3v) is 6.08. The average Bonchev–Trinajstić information content (AvgIpc) is 3.17. The van der Waals surface area contributed by atoms with Crippen LogP contribution in [-0.4, -0.2) is 21.1 Å². The summed E-state index contributed by atoms with van der Waals surface area (Å²) in [4.78, 5) is 17.4. The van der Waals surface area contributed by atoms with Crippen LogP contribution < -0.4 is 0 Å². The second-order valence-electron chi connectivity index (χ2n) is 6.55. The van der Waals surface area contributed by atoms with Gasteiger partial charge in [0.1, 0.15) is 11.1 Å². The minimum atomic E-state index is 0.0987. The molecule has 0 aromatic carbocycles. The summed E-state index contributed by atoms with van der Waals surface area (Å²) in [5.41, 5.74) is 6.93. The maximum Gasteiger partial charge on any atom is 0.174 e. The minimum absolute atomic E-state index is 0.0987. The van der Waals surface area contributed by atoms with E-state index in [-0.39, 0.29) is 5.78 Å². The van der Waals surface area contributed by atoms with E-state index in [1.807, 2.05) is 26.8 Å². The number of Topliss-reactive ketones (excluding diaryl/α,β-unsaturated/α-hetero) is 1. The average molecular weight is 353 g/mol. The highest BCUT2D eigenvalue weighted by molar-refractivity contribution is 8.00. The lowest BCUT2D eigenvalue weighted by Gasteiger charge is -2.10. The molecule has 0 fully saturated rings. The molecule has 0 saturated carbocycles. The first kappa shape index (κ1) is 17.8. The van der Waals surface area contributed by atoms with Gasteiger partial charge in [-0.1, -0.05) is 11.8 Å². The van der Waals surface area contributed by atoms with Gasteiger partial charge in [-0.25, -0.2) is 4.98 Å². The van der Waals surface area contributed by atoms with Crippen molar-refractivity contribution in [3.05, 3.63) is 45.4 Å². The SMILES string of the molecule is CCn1c(C)cc(C(=O)CSc2nc3c(c(C)c2C#N)CCC3)c1C. The Bertz CT molecular complexity index is 890. The molecule has 0 atom stereocenters. The predicted molar refractivity (Wildman–Crippen MR) is 100 cm³/mol. The Kier molecular flexibility index (Phi) is 5.01. The van der Waals surface area contributed by atoms with Crippen molar-refractivity contribution in [1.82, 2.24) is 9.55 Å². The van der Waals surface area contributed by atoms with Crippen molar-refractivity contribution >= 4 is 17.5 Å². The lowest BCUT2D eigenvalue weighted by atomic mass is 10.0. The van der Waals surface area contributed by atoms with Gasteiger partial charge in [0.2, 0.25) is 0 Å². The van der Waals surface area contributed by atoms with Crippen LogP contribution in [0.5, 0.6) is 0 Å². The number of carbonyl (C=O) groups excluding carboxylic acids is 1. The molecule has 0 saturated heterocycles. The molecule has 4 nitrogen and oxygen atoms in total. The molecular formula is C20H23N3OS. The molecule has 0 amide bonds. The van der Waals surface area contributed by atoms with Crippen molar-refractivity contribution in [3.63, 3.8) is 0 Å². The first-order valence-corrected chi connectivity index (χ1v) is 9.71. The Morgan fingerprint density at radius 2 is 2.12 bits per heavy atom. The van der Waals surface area contributed by atoms with E-state index in [4.69, 9.17) is 4.98 Å². The number of nitrogens with zero attached hydrogens (tertiary/aromatic N) is 3. The van der Waals surface area contributed by atoms with Gasteiger partial charge in [-0.05, 0) is 64.2 Å². The van der Waals surface area contributed by atoms with Gasteiger partial charge in [-0.15, -0.1) is 0 Å². The molecule has 0 N–H and O–H groups in total. The van der Waals surface area contributed by atoms with Crippen LogP contribution in [0.3, 0.4) is 0 Å². The number of fused-ring (bicyclic) bond motifs is 1.